The minimum Gasteiger partial charge on any atom is -0.222 e. The van der Waals surface area contributed by atoms with E-state index in [1.807, 2.05) is 0 Å². The van der Waals surface area contributed by atoms with Crippen LogP contribution in [0.5, 0.6) is 0 Å². The normalized spacial score (nSPS) is 6.48. The third kappa shape index (κ3) is 787. The third-order valence-electron chi connectivity index (χ3n) is 0.908. The number of hydrogen-bond donors (Lipinski definition) is 4. The summed E-state index contributed by atoms with van der Waals surface area (Å²) in [7, 11) is 0. The van der Waals surface area contributed by atoms with Crippen LogP contribution in [0.15, 0.2) is 12.2 Å². The summed E-state index contributed by atoms with van der Waals surface area (Å²) in [4.78, 5) is 33.4. The molecule has 0 aromatic carbocycles. The fraction of sp³-hybridized carbons (Fsp3) is 0.538. The first-order valence-electron chi connectivity index (χ1n) is 3.97. The predicted molar refractivity (Wildman–Crippen MR) is 83.6 cm³/mol. The van der Waals surface area contributed by atoms with Gasteiger partial charge in [-0.15, -0.1) is 0 Å². The van der Waals surface area contributed by atoms with Gasteiger partial charge in [0.25, 0.3) is 0 Å². The molecule has 0 spiro atoms. The molecule has 8 nitrogen and oxygen atoms in total. The van der Waals surface area contributed by atoms with Gasteiger partial charge in [0.05, 0.1) is 0 Å². The van der Waals surface area contributed by atoms with Crippen LogP contribution in [-0.2, 0) is 19.2 Å². The van der Waals surface area contributed by atoms with E-state index in [0.29, 0.717) is 0 Å². The van der Waals surface area contributed by atoms with Gasteiger partial charge in [-0.1, -0.05) is 41.9 Å². The molecule has 0 aromatic rings. The van der Waals surface area contributed by atoms with Crippen molar-refractivity contribution in [1.29, 1.82) is 21.6 Å². The molecular weight excluding hydrogens is 276 g/mol. The summed E-state index contributed by atoms with van der Waals surface area (Å²) in [6.07, 6.45) is 11.5. The molecule has 4 N–H and O–H groups in total. The first kappa shape index (κ1) is 51.7. The van der Waals surface area contributed by atoms with E-state index in [4.69, 9.17) is 40.8 Å². The second-order valence-corrected chi connectivity index (χ2v) is 1.81. The Labute approximate surface area is 127 Å². The van der Waals surface area contributed by atoms with Crippen molar-refractivity contribution in [1.82, 2.24) is 0 Å². The minimum absolute atomic E-state index is 0. The highest BCUT2D eigenvalue weighted by atomic mass is 16.1. The molecule has 1 aliphatic carbocycles. The van der Waals surface area contributed by atoms with Crippen molar-refractivity contribution in [3.63, 3.8) is 0 Å². The third-order valence-corrected chi connectivity index (χ3v) is 0.908. The summed E-state index contributed by atoms with van der Waals surface area (Å²) in [6, 6.07) is 0. The van der Waals surface area contributed by atoms with E-state index in [1.54, 1.807) is 0 Å². The quantitative estimate of drug-likeness (QED) is 0.303. The zero-order valence-electron chi connectivity index (χ0n) is 8.91. The highest BCUT2D eigenvalue weighted by Gasteiger charge is 1.84. The van der Waals surface area contributed by atoms with Gasteiger partial charge in [0.15, 0.2) is 0 Å². The fourth-order valence-corrected chi connectivity index (χ4v) is 0.589. The largest absolute Gasteiger partial charge is 0.231 e. The molecular formula is C13H28N4O4. The van der Waals surface area contributed by atoms with Gasteiger partial charge in [0.2, 0.25) is 24.3 Å². The van der Waals surface area contributed by atoms with Crippen molar-refractivity contribution in [3.8, 4) is 0 Å². The van der Waals surface area contributed by atoms with Gasteiger partial charge in [0.1, 0.15) is 0 Å². The van der Waals surface area contributed by atoms with Crippen LogP contribution >= 0.6 is 0 Å². The monoisotopic (exact) mass is 304 g/mol. The Balaban J connectivity index is -0.0000000164. The average molecular weight is 304 g/mol. The predicted octanol–water partition coefficient (Wildman–Crippen LogP) is 3.87. The molecule has 124 valence electrons. The summed E-state index contributed by atoms with van der Waals surface area (Å²) in [5.74, 6) is 0. The summed E-state index contributed by atoms with van der Waals surface area (Å²) < 4.78 is 0. The summed E-state index contributed by atoms with van der Waals surface area (Å²) in [5.41, 5.74) is 0. The van der Waals surface area contributed by atoms with E-state index in [1.165, 1.54) is 19.3 Å². The Morgan fingerprint density at radius 2 is 0.714 bits per heavy atom. The van der Waals surface area contributed by atoms with Gasteiger partial charge < -0.3 is 0 Å². The van der Waals surface area contributed by atoms with Crippen molar-refractivity contribution < 1.29 is 19.2 Å². The molecule has 0 bridgehead atoms. The number of isocyanates is 4. The van der Waals surface area contributed by atoms with Crippen molar-refractivity contribution in [3.05, 3.63) is 12.2 Å². The maximum Gasteiger partial charge on any atom is 0.231 e. The molecule has 0 saturated carbocycles. The van der Waals surface area contributed by atoms with E-state index >= 15 is 0 Å². The molecule has 0 atom stereocenters. The van der Waals surface area contributed by atoms with Gasteiger partial charge >= 0.3 is 0 Å². The Morgan fingerprint density at radius 3 is 0.762 bits per heavy atom. The second-order valence-electron chi connectivity index (χ2n) is 1.81. The van der Waals surface area contributed by atoms with Crippen LogP contribution in [0.3, 0.4) is 0 Å². The first-order valence-corrected chi connectivity index (χ1v) is 3.97. The molecule has 1 aliphatic rings. The SMILES string of the molecule is C.C.C.C.C1=CCCC1.N=C=O.N=C=O.N=C=O.N=C=O. The van der Waals surface area contributed by atoms with Crippen molar-refractivity contribution in [2.75, 3.05) is 0 Å². The summed E-state index contributed by atoms with van der Waals surface area (Å²) >= 11 is 0. The number of hydrogen-bond acceptors (Lipinski definition) is 8. The van der Waals surface area contributed by atoms with Crippen LogP contribution in [0.25, 0.3) is 0 Å². The van der Waals surface area contributed by atoms with E-state index in [2.05, 4.69) is 12.2 Å². The van der Waals surface area contributed by atoms with Crippen LogP contribution in [0.1, 0.15) is 49.0 Å². The highest BCUT2D eigenvalue weighted by Crippen LogP contribution is 2.05. The number of allylic oxidation sites excluding steroid dienone is 2. The van der Waals surface area contributed by atoms with Crippen LogP contribution in [-0.4, -0.2) is 24.3 Å². The van der Waals surface area contributed by atoms with Gasteiger partial charge in [-0.25, -0.2) is 40.8 Å². The van der Waals surface area contributed by atoms with Gasteiger partial charge in [-0.05, 0) is 19.3 Å². The molecule has 0 radical (unpaired) electrons. The van der Waals surface area contributed by atoms with Crippen molar-refractivity contribution >= 4 is 24.3 Å². The van der Waals surface area contributed by atoms with Gasteiger partial charge in [0, 0.05) is 0 Å². The molecule has 1 rings (SSSR count). The standard InChI is InChI=1S/C5H8.4CHNO.4CH4/c1-2-4-5-3-1;4*2-1-3;;;;/h1-2H,3-5H2;4*2H;4*1H4. The molecule has 0 amide bonds. The topological polar surface area (TPSA) is 164 Å². The van der Waals surface area contributed by atoms with Crippen LogP contribution in [0.2, 0.25) is 0 Å². The lowest BCUT2D eigenvalue weighted by Gasteiger charge is -1.69. The molecule has 21 heavy (non-hydrogen) atoms. The first-order chi connectivity index (χ1) is 8.16. The molecule has 0 aliphatic heterocycles. The van der Waals surface area contributed by atoms with Gasteiger partial charge in [-0.2, -0.15) is 0 Å². The molecule has 8 heteroatoms. The zero-order valence-corrected chi connectivity index (χ0v) is 8.91. The molecule has 0 unspecified atom stereocenters. The maximum absolute atomic E-state index is 8.35. The Kier molecular flexibility index (Phi) is 287. The lowest BCUT2D eigenvalue weighted by atomic mass is 10.4. The lowest BCUT2D eigenvalue weighted by molar-refractivity contribution is 0.562. The van der Waals surface area contributed by atoms with Crippen LogP contribution in [0, 0.1) is 21.6 Å². The smallest absolute Gasteiger partial charge is 0.222 e. The molecule has 0 aromatic heterocycles. The van der Waals surface area contributed by atoms with Crippen LogP contribution < -0.4 is 0 Å². The Hall–Kier alpha value is -2.74. The van der Waals surface area contributed by atoms with E-state index < -0.39 is 0 Å². The zero-order chi connectivity index (χ0) is 14.4. The molecule has 0 fully saturated rings. The van der Waals surface area contributed by atoms with Crippen molar-refractivity contribution in [2.45, 2.75) is 49.0 Å². The number of carbonyl (C=O) groups excluding carboxylic acids is 4. The Morgan fingerprint density at radius 1 is 0.571 bits per heavy atom. The maximum atomic E-state index is 8.35. The minimum atomic E-state index is 0. The van der Waals surface area contributed by atoms with Crippen LogP contribution in [0.4, 0.5) is 0 Å². The molecule has 0 heterocycles. The second kappa shape index (κ2) is 116. The van der Waals surface area contributed by atoms with E-state index in [9.17, 15) is 0 Å². The highest BCUT2D eigenvalue weighted by molar-refractivity contribution is 5.26. The Bertz CT molecular complexity index is 250. The average Bonchev–Trinajstić information content (AvgIpc) is 2.79. The van der Waals surface area contributed by atoms with Gasteiger partial charge in [-0.3, -0.25) is 0 Å². The lowest BCUT2D eigenvalue weighted by Crippen LogP contribution is -1.50. The summed E-state index contributed by atoms with van der Waals surface area (Å²) in [5, 5.41) is 21.6. The number of nitrogens with one attached hydrogen (secondary N) is 4. The molecule has 0 saturated heterocycles. The van der Waals surface area contributed by atoms with Crippen molar-refractivity contribution in [2.24, 2.45) is 0 Å². The van der Waals surface area contributed by atoms with E-state index in [-0.39, 0.29) is 29.7 Å². The summed E-state index contributed by atoms with van der Waals surface area (Å²) in [6.45, 7) is 0. The van der Waals surface area contributed by atoms with E-state index in [0.717, 1.165) is 24.3 Å². The fourth-order valence-electron chi connectivity index (χ4n) is 0.589. The number of rotatable bonds is 0.